The van der Waals surface area contributed by atoms with Gasteiger partial charge in [0.15, 0.2) is 17.5 Å². The van der Waals surface area contributed by atoms with Crippen LogP contribution in [0.1, 0.15) is 25.0 Å². The number of nitrogens with one attached hydrogen (secondary N) is 3. The molecule has 0 fully saturated rings. The molecule has 0 bridgehead atoms. The topological polar surface area (TPSA) is 93.2 Å². The van der Waals surface area contributed by atoms with Crippen molar-refractivity contribution in [3.63, 3.8) is 0 Å². The third kappa shape index (κ3) is 8.45. The van der Waals surface area contributed by atoms with Gasteiger partial charge in [0.25, 0.3) is 0 Å². The average Bonchev–Trinajstić information content (AvgIpc) is 2.77. The Hall–Kier alpha value is -2.69. The van der Waals surface area contributed by atoms with E-state index in [1.165, 1.54) is 12.5 Å². The highest BCUT2D eigenvalue weighted by molar-refractivity contribution is 14.0. The van der Waals surface area contributed by atoms with Crippen LogP contribution in [-0.2, 0) is 17.8 Å². The van der Waals surface area contributed by atoms with Crippen molar-refractivity contribution in [3.8, 4) is 17.2 Å². The summed E-state index contributed by atoms with van der Waals surface area (Å²) in [4.78, 5) is 15.8. The second kappa shape index (κ2) is 14.4. The first-order valence-electron chi connectivity index (χ1n) is 10.2. The van der Waals surface area contributed by atoms with Gasteiger partial charge in [-0.15, -0.1) is 24.0 Å². The van der Waals surface area contributed by atoms with E-state index in [9.17, 15) is 4.79 Å². The molecule has 0 aliphatic heterocycles. The number of carbonyl (C=O) groups excluding carboxylic acids is 1. The van der Waals surface area contributed by atoms with Crippen LogP contribution in [0.4, 0.5) is 5.69 Å². The van der Waals surface area contributed by atoms with Gasteiger partial charge in [0.05, 0.1) is 27.9 Å². The standard InChI is InChI=1S/C23H32N4O4.HI/c1-6-24-23(25-12-11-17-7-9-19(10-8-17)27-16(2)28)26-15-18-13-20(29-3)22(31-5)21(14-18)30-4;/h7-10,13-14H,6,11-12,15H2,1-5H3,(H,27,28)(H2,24,25,26);1H. The van der Waals surface area contributed by atoms with Gasteiger partial charge in [-0.05, 0) is 48.7 Å². The minimum absolute atomic E-state index is 0. The van der Waals surface area contributed by atoms with Crippen molar-refractivity contribution in [2.45, 2.75) is 26.8 Å². The number of benzene rings is 2. The molecule has 2 aromatic carbocycles. The second-order valence-corrected chi connectivity index (χ2v) is 6.78. The largest absolute Gasteiger partial charge is 0.493 e. The number of hydrogen-bond acceptors (Lipinski definition) is 5. The van der Waals surface area contributed by atoms with Crippen molar-refractivity contribution in [3.05, 3.63) is 47.5 Å². The molecule has 0 aliphatic carbocycles. The maximum Gasteiger partial charge on any atom is 0.221 e. The number of aliphatic imine (C=N–C) groups is 1. The van der Waals surface area contributed by atoms with E-state index in [1.807, 2.05) is 43.3 Å². The van der Waals surface area contributed by atoms with Crippen molar-refractivity contribution >= 4 is 41.5 Å². The van der Waals surface area contributed by atoms with Crippen LogP contribution in [0.15, 0.2) is 41.4 Å². The molecule has 176 valence electrons. The first kappa shape index (κ1) is 27.3. The van der Waals surface area contributed by atoms with Crippen LogP contribution in [0.5, 0.6) is 17.2 Å². The van der Waals surface area contributed by atoms with E-state index in [0.717, 1.165) is 36.7 Å². The lowest BCUT2D eigenvalue weighted by Crippen LogP contribution is -2.38. The van der Waals surface area contributed by atoms with Crippen molar-refractivity contribution in [2.24, 2.45) is 4.99 Å². The molecule has 0 radical (unpaired) electrons. The Morgan fingerprint density at radius 1 is 0.938 bits per heavy atom. The zero-order valence-corrected chi connectivity index (χ0v) is 21.6. The van der Waals surface area contributed by atoms with Crippen molar-refractivity contribution in [1.82, 2.24) is 10.6 Å². The SMILES string of the molecule is CCNC(=NCc1cc(OC)c(OC)c(OC)c1)NCCc1ccc(NC(C)=O)cc1.I. The fourth-order valence-electron chi connectivity index (χ4n) is 3.02. The molecule has 8 nitrogen and oxygen atoms in total. The van der Waals surface area contributed by atoms with E-state index in [0.29, 0.717) is 23.8 Å². The molecule has 2 rings (SSSR count). The molecule has 0 saturated heterocycles. The first-order valence-corrected chi connectivity index (χ1v) is 10.2. The minimum atomic E-state index is -0.0759. The second-order valence-electron chi connectivity index (χ2n) is 6.78. The highest BCUT2D eigenvalue weighted by Crippen LogP contribution is 2.38. The Labute approximate surface area is 207 Å². The van der Waals surface area contributed by atoms with Gasteiger partial charge in [-0.2, -0.15) is 0 Å². The zero-order chi connectivity index (χ0) is 22.6. The Bertz CT molecular complexity index is 863. The van der Waals surface area contributed by atoms with E-state index in [2.05, 4.69) is 20.9 Å². The molecule has 0 aromatic heterocycles. The molecular weight excluding hydrogens is 523 g/mol. The number of methoxy groups -OCH3 is 3. The number of halogens is 1. The Balaban J connectivity index is 0.00000512. The van der Waals surface area contributed by atoms with Crippen LogP contribution >= 0.6 is 24.0 Å². The van der Waals surface area contributed by atoms with Gasteiger partial charge in [-0.25, -0.2) is 4.99 Å². The Morgan fingerprint density at radius 2 is 1.56 bits per heavy atom. The third-order valence-corrected chi connectivity index (χ3v) is 4.47. The molecule has 0 heterocycles. The molecule has 9 heteroatoms. The lowest BCUT2D eigenvalue weighted by molar-refractivity contribution is -0.114. The number of guanidine groups is 1. The lowest BCUT2D eigenvalue weighted by atomic mass is 10.1. The van der Waals surface area contributed by atoms with Crippen LogP contribution < -0.4 is 30.2 Å². The monoisotopic (exact) mass is 556 g/mol. The van der Waals surface area contributed by atoms with Crippen molar-refractivity contribution in [2.75, 3.05) is 39.7 Å². The number of anilines is 1. The van der Waals surface area contributed by atoms with Gasteiger partial charge in [0, 0.05) is 25.7 Å². The van der Waals surface area contributed by atoms with Crippen LogP contribution in [0.2, 0.25) is 0 Å². The summed E-state index contributed by atoms with van der Waals surface area (Å²) in [5.41, 5.74) is 2.91. The maximum absolute atomic E-state index is 11.1. The fourth-order valence-corrected chi connectivity index (χ4v) is 3.02. The van der Waals surface area contributed by atoms with Crippen molar-refractivity contribution < 1.29 is 19.0 Å². The van der Waals surface area contributed by atoms with Gasteiger partial charge in [0.2, 0.25) is 11.7 Å². The van der Waals surface area contributed by atoms with E-state index in [4.69, 9.17) is 14.2 Å². The zero-order valence-electron chi connectivity index (χ0n) is 19.3. The molecule has 0 atom stereocenters. The van der Waals surface area contributed by atoms with E-state index in [1.54, 1.807) is 21.3 Å². The molecule has 0 aliphatic rings. The van der Waals surface area contributed by atoms with E-state index in [-0.39, 0.29) is 29.9 Å². The minimum Gasteiger partial charge on any atom is -0.493 e. The van der Waals surface area contributed by atoms with Gasteiger partial charge < -0.3 is 30.2 Å². The molecule has 1 amide bonds. The Morgan fingerprint density at radius 3 is 2.06 bits per heavy atom. The van der Waals surface area contributed by atoms with Crippen molar-refractivity contribution in [1.29, 1.82) is 0 Å². The molecule has 0 saturated carbocycles. The molecule has 3 N–H and O–H groups in total. The van der Waals surface area contributed by atoms with E-state index < -0.39 is 0 Å². The summed E-state index contributed by atoms with van der Waals surface area (Å²) < 4.78 is 16.2. The normalized spacial score (nSPS) is 10.6. The predicted octanol–water partition coefficient (Wildman–Crippen LogP) is 3.59. The summed E-state index contributed by atoms with van der Waals surface area (Å²) in [6, 6.07) is 11.6. The third-order valence-electron chi connectivity index (χ3n) is 4.47. The molecular formula is C23H33IN4O4. The van der Waals surface area contributed by atoms with Gasteiger partial charge >= 0.3 is 0 Å². The highest BCUT2D eigenvalue weighted by atomic mass is 127. The summed E-state index contributed by atoms with van der Waals surface area (Å²) >= 11 is 0. The summed E-state index contributed by atoms with van der Waals surface area (Å²) in [5, 5.41) is 9.37. The predicted molar refractivity (Wildman–Crippen MR) is 139 cm³/mol. The van der Waals surface area contributed by atoms with E-state index >= 15 is 0 Å². The van der Waals surface area contributed by atoms with Crippen LogP contribution in [0.3, 0.4) is 0 Å². The first-order chi connectivity index (χ1) is 15.0. The Kier molecular flexibility index (Phi) is 12.3. The number of rotatable bonds is 10. The number of nitrogens with zero attached hydrogens (tertiary/aromatic N) is 1. The van der Waals surface area contributed by atoms with Crippen LogP contribution in [-0.4, -0.2) is 46.3 Å². The highest BCUT2D eigenvalue weighted by Gasteiger charge is 2.13. The molecule has 0 unspecified atom stereocenters. The number of ether oxygens (including phenoxy) is 3. The van der Waals surface area contributed by atoms with Gasteiger partial charge in [0.1, 0.15) is 0 Å². The fraction of sp³-hybridized carbons (Fsp3) is 0.391. The maximum atomic E-state index is 11.1. The smallest absolute Gasteiger partial charge is 0.221 e. The summed E-state index contributed by atoms with van der Waals surface area (Å²) in [6.45, 7) is 5.46. The lowest BCUT2D eigenvalue weighted by Gasteiger charge is -2.14. The number of amides is 1. The average molecular weight is 556 g/mol. The molecule has 2 aromatic rings. The molecule has 0 spiro atoms. The summed E-state index contributed by atoms with van der Waals surface area (Å²) in [6.07, 6.45) is 0.828. The van der Waals surface area contributed by atoms with Crippen LogP contribution in [0.25, 0.3) is 0 Å². The number of carbonyl (C=O) groups is 1. The summed E-state index contributed by atoms with van der Waals surface area (Å²) in [7, 11) is 4.77. The quantitative estimate of drug-likeness (QED) is 0.236. The van der Waals surface area contributed by atoms with Crippen LogP contribution in [0, 0.1) is 0 Å². The molecule has 32 heavy (non-hydrogen) atoms. The van der Waals surface area contributed by atoms with Gasteiger partial charge in [-0.1, -0.05) is 12.1 Å². The number of hydrogen-bond donors (Lipinski definition) is 3. The summed E-state index contributed by atoms with van der Waals surface area (Å²) in [5.74, 6) is 2.42. The van der Waals surface area contributed by atoms with Gasteiger partial charge in [-0.3, -0.25) is 4.79 Å².